The molecule has 130 valence electrons. The molecule has 2 aromatic carbocycles. The van der Waals surface area contributed by atoms with E-state index in [0.29, 0.717) is 5.02 Å². The van der Waals surface area contributed by atoms with Crippen LogP contribution in [0.15, 0.2) is 46.9 Å². The van der Waals surface area contributed by atoms with Crippen LogP contribution in [0.25, 0.3) is 0 Å². The van der Waals surface area contributed by atoms with Gasteiger partial charge in [0, 0.05) is 27.3 Å². The van der Waals surface area contributed by atoms with Crippen molar-refractivity contribution in [3.8, 4) is 5.75 Å². The molecule has 25 heavy (non-hydrogen) atoms. The van der Waals surface area contributed by atoms with Gasteiger partial charge in [0.05, 0.1) is 13.2 Å². The van der Waals surface area contributed by atoms with Crippen LogP contribution in [0.3, 0.4) is 0 Å². The van der Waals surface area contributed by atoms with Crippen molar-refractivity contribution >= 4 is 39.1 Å². The second kappa shape index (κ2) is 6.63. The number of fused-ring (bicyclic) bond motifs is 1. The summed E-state index contributed by atoms with van der Waals surface area (Å²) in [7, 11) is 1.66. The van der Waals surface area contributed by atoms with Gasteiger partial charge in [0.2, 0.25) is 5.91 Å². The molecule has 2 atom stereocenters. The number of halogens is 2. The van der Waals surface area contributed by atoms with Gasteiger partial charge >= 0.3 is 0 Å². The average Bonchev–Trinajstić information content (AvgIpc) is 3.18. The van der Waals surface area contributed by atoms with Crippen molar-refractivity contribution in [2.24, 2.45) is 0 Å². The maximum atomic E-state index is 13.1. The minimum Gasteiger partial charge on any atom is -0.496 e. The summed E-state index contributed by atoms with van der Waals surface area (Å²) < 4.78 is 6.56. The zero-order chi connectivity index (χ0) is 17.6. The maximum Gasteiger partial charge on any atom is 0.246 e. The summed E-state index contributed by atoms with van der Waals surface area (Å²) in [5.41, 5.74) is 1.85. The number of hydrogen-bond donors (Lipinski definition) is 0. The fourth-order valence-electron chi connectivity index (χ4n) is 3.87. The van der Waals surface area contributed by atoms with Gasteiger partial charge in [0.15, 0.2) is 0 Å². The van der Waals surface area contributed by atoms with E-state index >= 15 is 0 Å². The monoisotopic (exact) mass is 420 g/mol. The van der Waals surface area contributed by atoms with Crippen LogP contribution in [0.5, 0.6) is 5.75 Å². The van der Waals surface area contributed by atoms with Crippen LogP contribution in [0.2, 0.25) is 5.02 Å². The van der Waals surface area contributed by atoms with E-state index in [2.05, 4.69) is 20.8 Å². The molecule has 1 amide bonds. The van der Waals surface area contributed by atoms with E-state index in [9.17, 15) is 4.79 Å². The molecule has 0 radical (unpaired) electrons. The first-order valence-corrected chi connectivity index (χ1v) is 9.45. The average molecular weight is 422 g/mol. The third-order valence-corrected chi connectivity index (χ3v) is 5.70. The van der Waals surface area contributed by atoms with Crippen molar-refractivity contribution in [1.82, 2.24) is 4.90 Å². The summed E-state index contributed by atoms with van der Waals surface area (Å²) in [6, 6.07) is 13.3. The Hall–Kier alpha value is -1.56. The molecule has 2 saturated heterocycles. The lowest BCUT2D eigenvalue weighted by atomic mass is 10.1. The number of anilines is 1. The molecule has 6 heteroatoms. The molecule has 0 saturated carbocycles. The number of methoxy groups -OCH3 is 1. The van der Waals surface area contributed by atoms with E-state index in [1.54, 1.807) is 7.11 Å². The van der Waals surface area contributed by atoms with Gasteiger partial charge in [-0.05, 0) is 55.3 Å². The Kier molecular flexibility index (Phi) is 4.48. The van der Waals surface area contributed by atoms with E-state index in [0.717, 1.165) is 40.9 Å². The molecule has 0 bridgehead atoms. The maximum absolute atomic E-state index is 13.1. The van der Waals surface area contributed by atoms with Crippen molar-refractivity contribution in [1.29, 1.82) is 0 Å². The standard InChI is InChI=1S/C19H18BrClN2O2/c1-25-17-9-4-12(20)11-15(17)18-22-10-2-3-16(22)19(24)23(18)14-7-5-13(21)6-8-14/h4-9,11,16,18H,2-3,10H2,1H3/t16-,18+/m0/s1. The second-order valence-electron chi connectivity index (χ2n) is 6.34. The lowest BCUT2D eigenvalue weighted by Gasteiger charge is -2.31. The van der Waals surface area contributed by atoms with Crippen LogP contribution in [0, 0.1) is 0 Å². The highest BCUT2D eigenvalue weighted by molar-refractivity contribution is 9.10. The van der Waals surface area contributed by atoms with Gasteiger partial charge in [0.1, 0.15) is 11.9 Å². The van der Waals surface area contributed by atoms with E-state index in [-0.39, 0.29) is 18.1 Å². The summed E-state index contributed by atoms with van der Waals surface area (Å²) in [5.74, 6) is 0.930. The van der Waals surface area contributed by atoms with E-state index in [4.69, 9.17) is 16.3 Å². The van der Waals surface area contributed by atoms with Crippen molar-refractivity contribution in [3.05, 3.63) is 57.5 Å². The predicted molar refractivity (Wildman–Crippen MR) is 102 cm³/mol. The molecule has 0 aromatic heterocycles. The Bertz CT molecular complexity index is 812. The molecule has 0 N–H and O–H groups in total. The van der Waals surface area contributed by atoms with Crippen LogP contribution in [-0.2, 0) is 4.79 Å². The van der Waals surface area contributed by atoms with Gasteiger partial charge in [-0.25, -0.2) is 0 Å². The van der Waals surface area contributed by atoms with E-state index in [1.165, 1.54) is 0 Å². The largest absolute Gasteiger partial charge is 0.496 e. The van der Waals surface area contributed by atoms with Crippen molar-refractivity contribution < 1.29 is 9.53 Å². The van der Waals surface area contributed by atoms with Crippen LogP contribution in [0.4, 0.5) is 5.69 Å². The van der Waals surface area contributed by atoms with Crippen LogP contribution < -0.4 is 9.64 Å². The van der Waals surface area contributed by atoms with Crippen molar-refractivity contribution in [2.75, 3.05) is 18.6 Å². The van der Waals surface area contributed by atoms with Gasteiger partial charge in [-0.3, -0.25) is 14.6 Å². The molecule has 2 aliphatic rings. The topological polar surface area (TPSA) is 32.8 Å². The third-order valence-electron chi connectivity index (χ3n) is 4.95. The Labute approximate surface area is 160 Å². The van der Waals surface area contributed by atoms with Crippen LogP contribution in [-0.4, -0.2) is 30.5 Å². The van der Waals surface area contributed by atoms with Crippen LogP contribution >= 0.6 is 27.5 Å². The van der Waals surface area contributed by atoms with Crippen LogP contribution in [0.1, 0.15) is 24.6 Å². The van der Waals surface area contributed by atoms with Gasteiger partial charge in [-0.2, -0.15) is 0 Å². The Balaban J connectivity index is 1.85. The number of amides is 1. The smallest absolute Gasteiger partial charge is 0.246 e. The molecule has 2 fully saturated rings. The van der Waals surface area contributed by atoms with E-state index < -0.39 is 0 Å². The summed E-state index contributed by atoms with van der Waals surface area (Å²) >= 11 is 9.58. The number of carbonyl (C=O) groups is 1. The highest BCUT2D eigenvalue weighted by Gasteiger charge is 2.50. The quantitative estimate of drug-likeness (QED) is 0.725. The molecular weight excluding hydrogens is 404 g/mol. The number of benzene rings is 2. The molecule has 2 heterocycles. The first-order chi connectivity index (χ1) is 12.1. The lowest BCUT2D eigenvalue weighted by molar-refractivity contribution is -0.119. The highest BCUT2D eigenvalue weighted by atomic mass is 79.9. The molecule has 4 nitrogen and oxygen atoms in total. The van der Waals surface area contributed by atoms with Gasteiger partial charge in [0.25, 0.3) is 0 Å². The summed E-state index contributed by atoms with van der Waals surface area (Å²) in [5, 5.41) is 0.660. The zero-order valence-electron chi connectivity index (χ0n) is 13.8. The van der Waals surface area contributed by atoms with Gasteiger partial charge < -0.3 is 4.74 Å². The lowest BCUT2D eigenvalue weighted by Crippen LogP contribution is -2.32. The van der Waals surface area contributed by atoms with Crippen molar-refractivity contribution in [2.45, 2.75) is 25.0 Å². The molecule has 2 aromatic rings. The number of rotatable bonds is 3. The van der Waals surface area contributed by atoms with E-state index in [1.807, 2.05) is 47.4 Å². The van der Waals surface area contributed by atoms with Crippen molar-refractivity contribution in [3.63, 3.8) is 0 Å². The Morgan fingerprint density at radius 1 is 1.20 bits per heavy atom. The highest BCUT2D eigenvalue weighted by Crippen LogP contribution is 2.45. The van der Waals surface area contributed by atoms with Gasteiger partial charge in [-0.15, -0.1) is 0 Å². The Morgan fingerprint density at radius 3 is 2.68 bits per heavy atom. The molecule has 2 aliphatic heterocycles. The summed E-state index contributed by atoms with van der Waals surface area (Å²) in [6.45, 7) is 0.904. The molecule has 0 unspecified atom stereocenters. The number of hydrogen-bond acceptors (Lipinski definition) is 3. The molecule has 4 rings (SSSR count). The first-order valence-electron chi connectivity index (χ1n) is 8.28. The number of carbonyl (C=O) groups excluding carboxylic acids is 1. The minimum absolute atomic E-state index is 0.0654. The Morgan fingerprint density at radius 2 is 1.96 bits per heavy atom. The third kappa shape index (κ3) is 2.84. The first kappa shape index (κ1) is 16.9. The fourth-order valence-corrected chi connectivity index (χ4v) is 4.38. The molecule has 0 spiro atoms. The predicted octanol–water partition coefficient (Wildman–Crippen LogP) is 4.62. The minimum atomic E-state index is -0.173. The van der Waals surface area contributed by atoms with Gasteiger partial charge in [-0.1, -0.05) is 27.5 Å². The normalized spacial score (nSPS) is 23.2. The molecule has 0 aliphatic carbocycles. The number of ether oxygens (including phenoxy) is 1. The fraction of sp³-hybridized carbons (Fsp3) is 0.316. The SMILES string of the molecule is COc1ccc(Br)cc1[C@H]1N(c2ccc(Cl)cc2)C(=O)[C@@H]2CCCN21. The molecular formula is C19H18BrClN2O2. The second-order valence-corrected chi connectivity index (χ2v) is 7.69. The summed E-state index contributed by atoms with van der Waals surface area (Å²) in [4.78, 5) is 17.3. The summed E-state index contributed by atoms with van der Waals surface area (Å²) in [6.07, 6.45) is 1.77. The zero-order valence-corrected chi connectivity index (χ0v) is 16.1. The number of nitrogens with zero attached hydrogens (tertiary/aromatic N) is 2.